The molecule has 5 N–H and O–H groups in total. The van der Waals surface area contributed by atoms with E-state index in [9.17, 15) is 15.0 Å². The fourth-order valence-electron chi connectivity index (χ4n) is 2.80. The zero-order valence-corrected chi connectivity index (χ0v) is 11.3. The van der Waals surface area contributed by atoms with Gasteiger partial charge in [0.15, 0.2) is 11.2 Å². The molecular weight excluding hydrogens is 274 g/mol. The van der Waals surface area contributed by atoms with Gasteiger partial charge in [0.2, 0.25) is 5.95 Å². The zero-order chi connectivity index (χ0) is 15.0. The summed E-state index contributed by atoms with van der Waals surface area (Å²) < 4.78 is 1.77. The molecule has 8 nitrogen and oxygen atoms in total. The van der Waals surface area contributed by atoms with Crippen LogP contribution in [-0.2, 0) is 0 Å². The van der Waals surface area contributed by atoms with Gasteiger partial charge in [0.05, 0.1) is 12.4 Å². The van der Waals surface area contributed by atoms with E-state index in [2.05, 4.69) is 15.0 Å². The van der Waals surface area contributed by atoms with Gasteiger partial charge in [-0.3, -0.25) is 9.78 Å². The number of aliphatic hydroxyl groups excluding tert-OH is 2. The maximum Gasteiger partial charge on any atom is 0.280 e. The summed E-state index contributed by atoms with van der Waals surface area (Å²) in [7, 11) is 0. The lowest BCUT2D eigenvalue weighted by Crippen LogP contribution is -2.27. The summed E-state index contributed by atoms with van der Waals surface area (Å²) in [6.45, 7) is -0.00115. The number of aromatic nitrogens is 4. The van der Waals surface area contributed by atoms with Gasteiger partial charge < -0.3 is 20.5 Å². The van der Waals surface area contributed by atoms with Crippen molar-refractivity contribution in [2.75, 3.05) is 18.9 Å². The number of rotatable bonds is 3. The van der Waals surface area contributed by atoms with Crippen molar-refractivity contribution >= 4 is 17.1 Å². The number of nitrogens with one attached hydrogen (secondary N) is 1. The molecule has 1 aliphatic carbocycles. The first-order valence-corrected chi connectivity index (χ1v) is 6.76. The van der Waals surface area contributed by atoms with Gasteiger partial charge >= 0.3 is 0 Å². The van der Waals surface area contributed by atoms with Gasteiger partial charge in [0.25, 0.3) is 5.56 Å². The van der Waals surface area contributed by atoms with Crippen molar-refractivity contribution in [2.45, 2.75) is 12.5 Å². The zero-order valence-electron chi connectivity index (χ0n) is 11.3. The molecule has 3 atom stereocenters. The number of H-pyrrole nitrogens is 1. The minimum Gasteiger partial charge on any atom is -0.396 e. The van der Waals surface area contributed by atoms with E-state index in [0.717, 1.165) is 0 Å². The van der Waals surface area contributed by atoms with Gasteiger partial charge in [-0.15, -0.1) is 0 Å². The minimum atomic E-state index is -0.372. The molecule has 0 bridgehead atoms. The first-order chi connectivity index (χ1) is 10.1. The van der Waals surface area contributed by atoms with Crippen LogP contribution in [-0.4, -0.2) is 42.9 Å². The van der Waals surface area contributed by atoms with Crippen LogP contribution in [0.15, 0.2) is 23.3 Å². The predicted molar refractivity (Wildman–Crippen MR) is 76.5 cm³/mol. The smallest absolute Gasteiger partial charge is 0.280 e. The maximum absolute atomic E-state index is 11.8. The van der Waals surface area contributed by atoms with Crippen molar-refractivity contribution < 1.29 is 10.2 Å². The highest BCUT2D eigenvalue weighted by molar-refractivity contribution is 5.70. The van der Waals surface area contributed by atoms with Crippen molar-refractivity contribution in [2.24, 2.45) is 11.8 Å². The van der Waals surface area contributed by atoms with Crippen LogP contribution in [0.1, 0.15) is 12.5 Å². The van der Waals surface area contributed by atoms with E-state index >= 15 is 0 Å². The standard InChI is InChI=1S/C13H17N5O3/c14-13-16-11-10(12(21)17-13)15-6-18(11)9-2-1-7(4-19)8(3-9)5-20/h1-2,6-9,19-20H,3-5H2,(H3,14,16,17,21)/t7-,8+,9-/m1/s1. The van der Waals surface area contributed by atoms with Crippen LogP contribution in [0.3, 0.4) is 0 Å². The van der Waals surface area contributed by atoms with Crippen LogP contribution in [0.2, 0.25) is 0 Å². The molecule has 2 aromatic rings. The van der Waals surface area contributed by atoms with Crippen molar-refractivity contribution in [3.05, 3.63) is 28.8 Å². The third-order valence-corrected chi connectivity index (χ3v) is 3.98. The van der Waals surface area contributed by atoms with Gasteiger partial charge in [-0.2, -0.15) is 4.98 Å². The Bertz CT molecular complexity index is 735. The Morgan fingerprint density at radius 1 is 1.38 bits per heavy atom. The van der Waals surface area contributed by atoms with Crippen LogP contribution in [0.25, 0.3) is 11.2 Å². The highest BCUT2D eigenvalue weighted by Gasteiger charge is 2.27. The molecule has 0 unspecified atom stereocenters. The Kier molecular flexibility index (Phi) is 3.48. The number of hydrogen-bond acceptors (Lipinski definition) is 6. The summed E-state index contributed by atoms with van der Waals surface area (Å²) >= 11 is 0. The molecule has 8 heteroatoms. The van der Waals surface area contributed by atoms with Crippen LogP contribution in [0.5, 0.6) is 0 Å². The molecule has 0 saturated heterocycles. The van der Waals surface area contributed by atoms with E-state index in [0.29, 0.717) is 12.1 Å². The molecule has 0 fully saturated rings. The van der Waals surface area contributed by atoms with Gasteiger partial charge in [-0.05, 0) is 12.3 Å². The SMILES string of the molecule is Nc1nc2c(ncn2[C@@H]2C=C[C@H](CO)[C@H](CO)C2)c(=O)[nH]1. The van der Waals surface area contributed by atoms with Crippen LogP contribution >= 0.6 is 0 Å². The van der Waals surface area contributed by atoms with Crippen molar-refractivity contribution in [3.8, 4) is 0 Å². The highest BCUT2D eigenvalue weighted by atomic mass is 16.3. The van der Waals surface area contributed by atoms with E-state index < -0.39 is 0 Å². The van der Waals surface area contributed by atoms with Crippen molar-refractivity contribution in [1.82, 2.24) is 19.5 Å². The molecule has 2 heterocycles. The number of imidazole rings is 1. The molecule has 0 aliphatic heterocycles. The third-order valence-electron chi connectivity index (χ3n) is 3.98. The minimum absolute atomic E-state index is 0.00396. The van der Waals surface area contributed by atoms with Crippen LogP contribution in [0, 0.1) is 11.8 Å². The first-order valence-electron chi connectivity index (χ1n) is 6.76. The number of allylic oxidation sites excluding steroid dienone is 1. The Morgan fingerprint density at radius 3 is 2.90 bits per heavy atom. The average molecular weight is 291 g/mol. The third kappa shape index (κ3) is 2.32. The number of fused-ring (bicyclic) bond motifs is 1. The molecule has 3 rings (SSSR count). The number of nitrogen functional groups attached to an aromatic ring is 1. The van der Waals surface area contributed by atoms with Gasteiger partial charge in [-0.1, -0.05) is 12.2 Å². The lowest BCUT2D eigenvalue weighted by atomic mass is 9.82. The molecule has 0 radical (unpaired) electrons. The summed E-state index contributed by atoms with van der Waals surface area (Å²) in [5.74, 6) is -0.0507. The molecule has 0 saturated carbocycles. The second-order valence-corrected chi connectivity index (χ2v) is 5.25. The van der Waals surface area contributed by atoms with Gasteiger partial charge in [0.1, 0.15) is 0 Å². The fourth-order valence-corrected chi connectivity index (χ4v) is 2.80. The van der Waals surface area contributed by atoms with E-state index in [1.54, 1.807) is 10.9 Å². The summed E-state index contributed by atoms with van der Waals surface area (Å²) in [4.78, 5) is 22.4. The molecular formula is C13H17N5O3. The number of hydrogen-bond donors (Lipinski definition) is 4. The molecule has 21 heavy (non-hydrogen) atoms. The lowest BCUT2D eigenvalue weighted by Gasteiger charge is -2.30. The molecule has 1 aliphatic rings. The molecule has 0 amide bonds. The van der Waals surface area contributed by atoms with Crippen molar-refractivity contribution in [3.63, 3.8) is 0 Å². The van der Waals surface area contributed by atoms with Crippen LogP contribution < -0.4 is 11.3 Å². The number of aromatic amines is 1. The van der Waals surface area contributed by atoms with Gasteiger partial charge in [0, 0.05) is 19.1 Å². The number of nitrogens with two attached hydrogens (primary N) is 1. The second kappa shape index (κ2) is 5.30. The first kappa shape index (κ1) is 13.8. The van der Waals surface area contributed by atoms with Crippen LogP contribution in [0.4, 0.5) is 5.95 Å². The Morgan fingerprint density at radius 2 is 2.19 bits per heavy atom. The quantitative estimate of drug-likeness (QED) is 0.560. The number of nitrogens with zero attached hydrogens (tertiary/aromatic N) is 3. The highest BCUT2D eigenvalue weighted by Crippen LogP contribution is 2.32. The van der Waals surface area contributed by atoms with E-state index in [4.69, 9.17) is 5.73 Å². The largest absolute Gasteiger partial charge is 0.396 e. The monoisotopic (exact) mass is 291 g/mol. The Hall–Kier alpha value is -2.19. The maximum atomic E-state index is 11.8. The normalized spacial score (nSPS) is 25.5. The van der Waals surface area contributed by atoms with Crippen molar-refractivity contribution in [1.29, 1.82) is 0 Å². The number of aliphatic hydroxyl groups is 2. The summed E-state index contributed by atoms with van der Waals surface area (Å²) in [5.41, 5.74) is 5.87. The molecule has 0 aromatic carbocycles. The average Bonchev–Trinajstić information content (AvgIpc) is 2.90. The topological polar surface area (TPSA) is 130 Å². The number of anilines is 1. The van der Waals surface area contributed by atoms with E-state index in [1.165, 1.54) is 0 Å². The predicted octanol–water partition coefficient (Wildman–Crippen LogP) is -0.580. The molecule has 112 valence electrons. The summed E-state index contributed by atoms with van der Waals surface area (Å²) in [6.07, 6.45) is 6.01. The van der Waals surface area contributed by atoms with Gasteiger partial charge in [-0.25, -0.2) is 4.98 Å². The lowest BCUT2D eigenvalue weighted by molar-refractivity contribution is 0.124. The fraction of sp³-hybridized carbons (Fsp3) is 0.462. The summed E-state index contributed by atoms with van der Waals surface area (Å²) in [6, 6.07) is -0.0800. The Labute approximate surface area is 120 Å². The molecule has 0 spiro atoms. The summed E-state index contributed by atoms with van der Waals surface area (Å²) in [5, 5.41) is 18.7. The second-order valence-electron chi connectivity index (χ2n) is 5.25. The van der Waals surface area contributed by atoms with E-state index in [-0.39, 0.29) is 48.1 Å². The van der Waals surface area contributed by atoms with E-state index in [1.807, 2.05) is 12.2 Å². The Balaban J connectivity index is 2.03. The molecule has 2 aromatic heterocycles.